The van der Waals surface area contributed by atoms with E-state index in [2.05, 4.69) is 10.0 Å². The van der Waals surface area contributed by atoms with Gasteiger partial charge in [-0.15, -0.1) is 0 Å². The number of sulfonamides is 1. The van der Waals surface area contributed by atoms with Crippen LogP contribution >= 0.6 is 23.2 Å². The molecule has 2 aromatic rings. The maximum atomic E-state index is 12.6. The number of carbonyl (C=O) groups is 1. The van der Waals surface area contributed by atoms with Gasteiger partial charge in [0.2, 0.25) is 10.0 Å². The standard InChI is InChI=1S/C16H14Cl2N2O5S/c1-19-26(22,23)9-2-3-11(17)10(6-9)16(21)20-13-8-15-14(7-12(13)18)24-4-5-25-15/h2-3,6-8,19H,4-5H2,1H3,(H,20,21). The summed E-state index contributed by atoms with van der Waals surface area (Å²) in [6.07, 6.45) is 0. The monoisotopic (exact) mass is 416 g/mol. The molecule has 1 aliphatic rings. The number of benzene rings is 2. The van der Waals surface area contributed by atoms with E-state index < -0.39 is 15.9 Å². The molecule has 0 unspecified atom stereocenters. The third-order valence-corrected chi connectivity index (χ3v) is 5.70. The number of halogens is 2. The molecule has 3 rings (SSSR count). The summed E-state index contributed by atoms with van der Waals surface area (Å²) in [6, 6.07) is 6.91. The Bertz CT molecular complexity index is 979. The molecule has 0 aromatic heterocycles. The van der Waals surface area contributed by atoms with Gasteiger partial charge in [-0.05, 0) is 25.2 Å². The summed E-state index contributed by atoms with van der Waals surface area (Å²) < 4.78 is 36.9. The molecule has 10 heteroatoms. The summed E-state index contributed by atoms with van der Waals surface area (Å²) in [6.45, 7) is 0.801. The summed E-state index contributed by atoms with van der Waals surface area (Å²) in [5.41, 5.74) is 0.285. The Balaban J connectivity index is 1.92. The van der Waals surface area contributed by atoms with Crippen molar-refractivity contribution >= 4 is 44.8 Å². The Hall–Kier alpha value is -2.00. The van der Waals surface area contributed by atoms with E-state index >= 15 is 0 Å². The number of amides is 1. The molecule has 0 aliphatic carbocycles. The maximum Gasteiger partial charge on any atom is 0.257 e. The second-order valence-electron chi connectivity index (χ2n) is 5.28. The number of carbonyl (C=O) groups excluding carboxylic acids is 1. The van der Waals surface area contributed by atoms with Crippen LogP contribution < -0.4 is 19.5 Å². The number of hydrogen-bond donors (Lipinski definition) is 2. The molecule has 1 aliphatic heterocycles. The number of rotatable bonds is 4. The molecule has 0 fully saturated rings. The zero-order valence-corrected chi connectivity index (χ0v) is 15.8. The first kappa shape index (κ1) is 18.8. The van der Waals surface area contributed by atoms with Gasteiger partial charge in [-0.25, -0.2) is 13.1 Å². The van der Waals surface area contributed by atoms with Crippen molar-refractivity contribution in [1.29, 1.82) is 0 Å². The van der Waals surface area contributed by atoms with Crippen molar-refractivity contribution in [3.63, 3.8) is 0 Å². The van der Waals surface area contributed by atoms with Crippen LogP contribution in [0.4, 0.5) is 5.69 Å². The largest absolute Gasteiger partial charge is 0.486 e. The van der Waals surface area contributed by atoms with Gasteiger partial charge in [-0.3, -0.25) is 4.79 Å². The predicted molar refractivity (Wildman–Crippen MR) is 98.1 cm³/mol. The molecule has 0 radical (unpaired) electrons. The number of fused-ring (bicyclic) bond motifs is 1. The van der Waals surface area contributed by atoms with E-state index in [4.69, 9.17) is 32.7 Å². The van der Waals surface area contributed by atoms with E-state index in [-0.39, 0.29) is 20.5 Å². The van der Waals surface area contributed by atoms with Crippen LogP contribution in [-0.4, -0.2) is 34.6 Å². The smallest absolute Gasteiger partial charge is 0.257 e. The second kappa shape index (κ2) is 7.32. The van der Waals surface area contributed by atoms with Gasteiger partial charge in [-0.1, -0.05) is 23.2 Å². The van der Waals surface area contributed by atoms with Crippen LogP contribution in [0.3, 0.4) is 0 Å². The molecule has 0 spiro atoms. The van der Waals surface area contributed by atoms with Crippen LogP contribution in [-0.2, 0) is 10.0 Å². The van der Waals surface area contributed by atoms with Crippen LogP contribution in [0.1, 0.15) is 10.4 Å². The lowest BCUT2D eigenvalue weighted by molar-refractivity contribution is 0.102. The highest BCUT2D eigenvalue weighted by Gasteiger charge is 2.20. The van der Waals surface area contributed by atoms with Crippen LogP contribution in [0.25, 0.3) is 0 Å². The number of ether oxygens (including phenoxy) is 2. The second-order valence-corrected chi connectivity index (χ2v) is 7.98. The molecule has 0 bridgehead atoms. The minimum atomic E-state index is -3.72. The van der Waals surface area contributed by atoms with Crippen molar-refractivity contribution in [1.82, 2.24) is 4.72 Å². The van der Waals surface area contributed by atoms with Crippen LogP contribution in [0, 0.1) is 0 Å². The lowest BCUT2D eigenvalue weighted by atomic mass is 10.2. The molecule has 0 atom stereocenters. The summed E-state index contributed by atoms with van der Waals surface area (Å²) >= 11 is 12.2. The highest BCUT2D eigenvalue weighted by Crippen LogP contribution is 2.38. The molecule has 0 saturated heterocycles. The fourth-order valence-corrected chi connectivity index (χ4v) is 3.47. The molecule has 0 saturated carbocycles. The van der Waals surface area contributed by atoms with Crippen molar-refractivity contribution < 1.29 is 22.7 Å². The van der Waals surface area contributed by atoms with Crippen molar-refractivity contribution in [2.24, 2.45) is 0 Å². The fraction of sp³-hybridized carbons (Fsp3) is 0.188. The average Bonchev–Trinajstić information content (AvgIpc) is 2.62. The first-order valence-corrected chi connectivity index (χ1v) is 9.69. The van der Waals surface area contributed by atoms with Crippen molar-refractivity contribution in [3.8, 4) is 11.5 Å². The molecule has 138 valence electrons. The Morgan fingerprint density at radius 3 is 2.35 bits per heavy atom. The van der Waals surface area contributed by atoms with Gasteiger partial charge in [0.25, 0.3) is 5.91 Å². The lowest BCUT2D eigenvalue weighted by Gasteiger charge is -2.20. The molecular weight excluding hydrogens is 403 g/mol. The SMILES string of the molecule is CNS(=O)(=O)c1ccc(Cl)c(C(=O)Nc2cc3c(cc2Cl)OCCO3)c1. The van der Waals surface area contributed by atoms with E-state index in [1.54, 1.807) is 0 Å². The van der Waals surface area contributed by atoms with Gasteiger partial charge < -0.3 is 14.8 Å². The van der Waals surface area contributed by atoms with Crippen molar-refractivity contribution in [3.05, 3.63) is 45.9 Å². The minimum absolute atomic E-state index is 0.00560. The third-order valence-electron chi connectivity index (χ3n) is 3.64. The molecule has 26 heavy (non-hydrogen) atoms. The molecule has 1 heterocycles. The Labute approximate surface area is 160 Å². The zero-order chi connectivity index (χ0) is 18.9. The van der Waals surface area contributed by atoms with Gasteiger partial charge in [0, 0.05) is 12.1 Å². The van der Waals surface area contributed by atoms with E-state index in [1.165, 1.54) is 37.4 Å². The lowest BCUT2D eigenvalue weighted by Crippen LogP contribution is -2.20. The Kier molecular flexibility index (Phi) is 5.29. The van der Waals surface area contributed by atoms with Crippen LogP contribution in [0.2, 0.25) is 10.0 Å². The predicted octanol–water partition coefficient (Wildman–Crippen LogP) is 2.93. The molecule has 1 amide bonds. The van der Waals surface area contributed by atoms with E-state index in [1.807, 2.05) is 0 Å². The van der Waals surface area contributed by atoms with Gasteiger partial charge in [0.05, 0.1) is 26.2 Å². The Morgan fingerprint density at radius 1 is 1.04 bits per heavy atom. The number of nitrogens with one attached hydrogen (secondary N) is 2. The summed E-state index contributed by atoms with van der Waals surface area (Å²) in [5.74, 6) is 0.328. The molecule has 7 nitrogen and oxygen atoms in total. The van der Waals surface area contributed by atoms with Crippen LogP contribution in [0.15, 0.2) is 35.2 Å². The fourth-order valence-electron chi connectivity index (χ4n) is 2.31. The van der Waals surface area contributed by atoms with E-state index in [9.17, 15) is 13.2 Å². The third kappa shape index (κ3) is 3.73. The first-order chi connectivity index (χ1) is 12.3. The first-order valence-electron chi connectivity index (χ1n) is 7.45. The maximum absolute atomic E-state index is 12.6. The average molecular weight is 417 g/mol. The van der Waals surface area contributed by atoms with E-state index in [0.29, 0.717) is 30.4 Å². The quantitative estimate of drug-likeness (QED) is 0.798. The van der Waals surface area contributed by atoms with Gasteiger partial charge in [0.1, 0.15) is 13.2 Å². The van der Waals surface area contributed by atoms with Gasteiger partial charge in [-0.2, -0.15) is 0 Å². The molecule has 2 aromatic carbocycles. The highest BCUT2D eigenvalue weighted by atomic mass is 35.5. The zero-order valence-electron chi connectivity index (χ0n) is 13.5. The van der Waals surface area contributed by atoms with Crippen molar-refractivity contribution in [2.45, 2.75) is 4.90 Å². The molecular formula is C16H14Cl2N2O5S. The Morgan fingerprint density at radius 2 is 1.69 bits per heavy atom. The van der Waals surface area contributed by atoms with Gasteiger partial charge in [0.15, 0.2) is 11.5 Å². The number of anilines is 1. The van der Waals surface area contributed by atoms with Crippen molar-refractivity contribution in [2.75, 3.05) is 25.6 Å². The molecule has 2 N–H and O–H groups in total. The van der Waals surface area contributed by atoms with Gasteiger partial charge >= 0.3 is 0 Å². The highest BCUT2D eigenvalue weighted by molar-refractivity contribution is 7.89. The number of hydrogen-bond acceptors (Lipinski definition) is 5. The summed E-state index contributed by atoms with van der Waals surface area (Å²) in [5, 5.41) is 2.96. The topological polar surface area (TPSA) is 93.7 Å². The van der Waals surface area contributed by atoms with E-state index in [0.717, 1.165) is 0 Å². The van der Waals surface area contributed by atoms with Crippen LogP contribution in [0.5, 0.6) is 11.5 Å². The minimum Gasteiger partial charge on any atom is -0.486 e. The summed E-state index contributed by atoms with van der Waals surface area (Å²) in [7, 11) is -2.44. The normalized spacial score (nSPS) is 13.3. The summed E-state index contributed by atoms with van der Waals surface area (Å²) in [4.78, 5) is 12.5.